The van der Waals surface area contributed by atoms with Crippen molar-refractivity contribution in [3.8, 4) is 0 Å². The van der Waals surface area contributed by atoms with Crippen molar-refractivity contribution in [2.75, 3.05) is 17.3 Å². The summed E-state index contributed by atoms with van der Waals surface area (Å²) < 4.78 is 0.807. The molecule has 10 heteroatoms. The van der Waals surface area contributed by atoms with Crippen molar-refractivity contribution in [3.05, 3.63) is 16.9 Å². The molecule has 0 atom stereocenters. The van der Waals surface area contributed by atoms with Crippen LogP contribution in [0, 0.1) is 0 Å². The summed E-state index contributed by atoms with van der Waals surface area (Å²) in [6.07, 6.45) is 3.23. The van der Waals surface area contributed by atoms with Gasteiger partial charge in [-0.3, -0.25) is 10.1 Å². The summed E-state index contributed by atoms with van der Waals surface area (Å²) in [6.45, 7) is 2.02. The summed E-state index contributed by atoms with van der Waals surface area (Å²) >= 11 is 10.2. The fourth-order valence-corrected chi connectivity index (χ4v) is 3.37. The van der Waals surface area contributed by atoms with Gasteiger partial charge in [-0.1, -0.05) is 53.4 Å². The molecule has 0 spiro atoms. The van der Waals surface area contributed by atoms with Crippen molar-refractivity contribution in [2.24, 2.45) is 0 Å². The van der Waals surface area contributed by atoms with Gasteiger partial charge in [0.15, 0.2) is 15.2 Å². The summed E-state index contributed by atoms with van der Waals surface area (Å²) in [4.78, 5) is 20.2. The molecule has 2 aromatic heterocycles. The van der Waals surface area contributed by atoms with E-state index in [9.17, 15) is 4.79 Å². The smallest absolute Gasteiger partial charge is 0.277 e. The molecule has 6 nitrogen and oxygen atoms in total. The van der Waals surface area contributed by atoms with Gasteiger partial charge >= 0.3 is 0 Å². The van der Waals surface area contributed by atoms with Gasteiger partial charge in [0.1, 0.15) is 0 Å². The largest absolute Gasteiger partial charge is 0.295 e. The van der Waals surface area contributed by atoms with E-state index >= 15 is 0 Å². The maximum absolute atomic E-state index is 12.1. The number of anilines is 1. The molecule has 0 saturated heterocycles. The first kappa shape index (κ1) is 15.5. The molecule has 0 aliphatic rings. The number of thioether (sulfide) groups is 2. The monoisotopic (exact) mass is 347 g/mol. The number of aromatic nitrogens is 4. The van der Waals surface area contributed by atoms with Crippen LogP contribution in [-0.2, 0) is 0 Å². The SMILES string of the molecule is CCSc1nnc(NC(=O)c2nc(SC)ncc2Cl)s1. The molecule has 106 valence electrons. The Hall–Kier alpha value is -0.900. The standard InChI is InChI=1S/C10H10ClN5OS3/c1-3-19-10-16-15-9(20-10)14-7(17)6-5(11)4-12-8(13-6)18-2/h4H,3H2,1-2H3,(H,14,15,17). The van der Waals surface area contributed by atoms with Crippen molar-refractivity contribution >= 4 is 57.5 Å². The normalized spacial score (nSPS) is 10.6. The van der Waals surface area contributed by atoms with Crippen LogP contribution in [0.15, 0.2) is 15.7 Å². The first-order valence-corrected chi connectivity index (χ1v) is 8.88. The molecule has 2 rings (SSSR count). The number of carbonyl (C=O) groups is 1. The van der Waals surface area contributed by atoms with E-state index in [1.165, 1.54) is 29.3 Å². The van der Waals surface area contributed by atoms with Crippen LogP contribution in [-0.4, -0.2) is 38.1 Å². The molecule has 0 aliphatic heterocycles. The van der Waals surface area contributed by atoms with Crippen molar-refractivity contribution < 1.29 is 4.79 Å². The number of nitrogens with one attached hydrogen (secondary N) is 1. The number of hydrogen-bond acceptors (Lipinski definition) is 8. The summed E-state index contributed by atoms with van der Waals surface area (Å²) in [7, 11) is 0. The molecule has 1 amide bonds. The third-order valence-corrected chi connectivity index (χ3v) is 4.71. The first-order valence-electron chi connectivity index (χ1n) is 5.48. The molecular formula is C10H10ClN5OS3. The van der Waals surface area contributed by atoms with Crippen LogP contribution < -0.4 is 5.32 Å². The zero-order valence-corrected chi connectivity index (χ0v) is 13.8. The van der Waals surface area contributed by atoms with E-state index in [0.717, 1.165) is 10.1 Å². The maximum Gasteiger partial charge on any atom is 0.277 e. The molecule has 0 bridgehead atoms. The van der Waals surface area contributed by atoms with Crippen LogP contribution in [0.4, 0.5) is 5.13 Å². The van der Waals surface area contributed by atoms with E-state index in [2.05, 4.69) is 25.5 Å². The highest BCUT2D eigenvalue weighted by atomic mass is 35.5. The highest BCUT2D eigenvalue weighted by molar-refractivity contribution is 8.01. The van der Waals surface area contributed by atoms with Crippen LogP contribution in [0.5, 0.6) is 0 Å². The zero-order valence-electron chi connectivity index (χ0n) is 10.6. The van der Waals surface area contributed by atoms with Crippen molar-refractivity contribution in [2.45, 2.75) is 16.4 Å². The Bertz CT molecular complexity index is 621. The van der Waals surface area contributed by atoms with Gasteiger partial charge < -0.3 is 0 Å². The second-order valence-electron chi connectivity index (χ2n) is 3.31. The molecule has 2 heterocycles. The molecule has 0 fully saturated rings. The molecule has 0 unspecified atom stereocenters. The molecular weight excluding hydrogens is 338 g/mol. The minimum absolute atomic E-state index is 0.130. The van der Waals surface area contributed by atoms with E-state index in [4.69, 9.17) is 11.6 Å². The lowest BCUT2D eigenvalue weighted by molar-refractivity contribution is 0.102. The van der Waals surface area contributed by atoms with Gasteiger partial charge in [-0.15, -0.1) is 10.2 Å². The minimum atomic E-state index is -0.420. The number of nitrogens with zero attached hydrogens (tertiary/aromatic N) is 4. The summed E-state index contributed by atoms with van der Waals surface area (Å²) in [5.74, 6) is 0.481. The van der Waals surface area contributed by atoms with E-state index in [-0.39, 0.29) is 10.7 Å². The average Bonchev–Trinajstić information content (AvgIpc) is 2.87. The Labute approximate surface area is 133 Å². The summed E-state index contributed by atoms with van der Waals surface area (Å²) in [6, 6.07) is 0. The van der Waals surface area contributed by atoms with E-state index in [1.807, 2.05) is 13.2 Å². The highest BCUT2D eigenvalue weighted by Gasteiger charge is 2.16. The predicted molar refractivity (Wildman–Crippen MR) is 83.1 cm³/mol. The molecule has 0 radical (unpaired) electrons. The third-order valence-electron chi connectivity index (χ3n) is 2.01. The van der Waals surface area contributed by atoms with Gasteiger partial charge in [0.25, 0.3) is 5.91 Å². The molecule has 0 aromatic carbocycles. The Kier molecular flexibility index (Phi) is 5.58. The van der Waals surface area contributed by atoms with Crippen LogP contribution in [0.1, 0.15) is 17.4 Å². The fraction of sp³-hybridized carbons (Fsp3) is 0.300. The molecule has 0 aliphatic carbocycles. The quantitative estimate of drug-likeness (QED) is 0.505. The predicted octanol–water partition coefficient (Wildman–Crippen LogP) is 3.07. The van der Waals surface area contributed by atoms with E-state index in [1.54, 1.807) is 11.8 Å². The average molecular weight is 348 g/mol. The lowest BCUT2D eigenvalue weighted by atomic mass is 10.4. The zero-order chi connectivity index (χ0) is 14.5. The maximum atomic E-state index is 12.1. The molecule has 0 saturated carbocycles. The van der Waals surface area contributed by atoms with Gasteiger partial charge in [0, 0.05) is 0 Å². The van der Waals surface area contributed by atoms with Gasteiger partial charge in [-0.05, 0) is 12.0 Å². The Morgan fingerprint density at radius 1 is 1.50 bits per heavy atom. The van der Waals surface area contributed by atoms with Crippen LogP contribution in [0.3, 0.4) is 0 Å². The van der Waals surface area contributed by atoms with E-state index in [0.29, 0.717) is 10.3 Å². The van der Waals surface area contributed by atoms with Crippen LogP contribution in [0.25, 0.3) is 0 Å². The van der Waals surface area contributed by atoms with Crippen LogP contribution in [0.2, 0.25) is 5.02 Å². The van der Waals surface area contributed by atoms with Crippen molar-refractivity contribution in [3.63, 3.8) is 0 Å². The number of rotatable bonds is 5. The summed E-state index contributed by atoms with van der Waals surface area (Å²) in [5.41, 5.74) is 0.130. The van der Waals surface area contributed by atoms with Gasteiger partial charge in [-0.25, -0.2) is 9.97 Å². The Morgan fingerprint density at radius 2 is 2.30 bits per heavy atom. The van der Waals surface area contributed by atoms with Gasteiger partial charge in [-0.2, -0.15) is 0 Å². The lowest BCUT2D eigenvalue weighted by Gasteiger charge is -2.03. The minimum Gasteiger partial charge on any atom is -0.295 e. The van der Waals surface area contributed by atoms with Gasteiger partial charge in [0.2, 0.25) is 5.13 Å². The van der Waals surface area contributed by atoms with E-state index < -0.39 is 5.91 Å². The lowest BCUT2D eigenvalue weighted by Crippen LogP contribution is -2.15. The second-order valence-corrected chi connectivity index (χ2v) is 6.98. The van der Waals surface area contributed by atoms with Crippen molar-refractivity contribution in [1.29, 1.82) is 0 Å². The topological polar surface area (TPSA) is 80.7 Å². The fourth-order valence-electron chi connectivity index (χ4n) is 1.21. The third kappa shape index (κ3) is 3.81. The van der Waals surface area contributed by atoms with Crippen LogP contribution >= 0.6 is 46.5 Å². The van der Waals surface area contributed by atoms with Gasteiger partial charge in [0.05, 0.1) is 11.2 Å². The Morgan fingerprint density at radius 3 is 3.00 bits per heavy atom. The molecule has 1 N–H and O–H groups in total. The molecule has 2 aromatic rings. The second kappa shape index (κ2) is 7.21. The number of carbonyl (C=O) groups excluding carboxylic acids is 1. The highest BCUT2D eigenvalue weighted by Crippen LogP contribution is 2.26. The van der Waals surface area contributed by atoms with Crippen molar-refractivity contribution in [1.82, 2.24) is 20.2 Å². The first-order chi connectivity index (χ1) is 9.63. The Balaban J connectivity index is 2.14. The number of halogens is 1. The summed E-state index contributed by atoms with van der Waals surface area (Å²) in [5, 5.41) is 11.6. The number of hydrogen-bond donors (Lipinski definition) is 1. The molecule has 20 heavy (non-hydrogen) atoms. The number of amides is 1.